The predicted octanol–water partition coefficient (Wildman–Crippen LogP) is 1.45. The molecule has 1 rings (SSSR count). The molecule has 0 heterocycles. The Labute approximate surface area is 89.2 Å². The van der Waals surface area contributed by atoms with Crippen molar-refractivity contribution in [1.82, 2.24) is 0 Å². The average molecular weight is 212 g/mol. The zero-order chi connectivity index (χ0) is 11.3. The monoisotopic (exact) mass is 212 g/mol. The largest absolute Gasteiger partial charge is 0.463 e. The Balaban J connectivity index is 2.64. The molecule has 4 heteroatoms. The molecule has 0 aromatic carbocycles. The molecule has 84 valence electrons. The maximum Gasteiger partial charge on any atom is 0.334 e. The summed E-state index contributed by atoms with van der Waals surface area (Å²) < 4.78 is 9.62. The third kappa shape index (κ3) is 3.73. The van der Waals surface area contributed by atoms with Crippen molar-refractivity contribution >= 4 is 11.9 Å². The lowest BCUT2D eigenvalue weighted by Gasteiger charge is -2.05. The minimum Gasteiger partial charge on any atom is -0.463 e. The standard InChI is InChI=1S/C11H16O4/c1-3-14-10(12)7-9(8-5-6-8)11(13)15-4-2/h7-8H,3-6H2,1-2H3. The molecule has 1 saturated carbocycles. The Hall–Kier alpha value is -1.32. The van der Waals surface area contributed by atoms with Crippen LogP contribution < -0.4 is 0 Å². The quantitative estimate of drug-likeness (QED) is 0.511. The van der Waals surface area contributed by atoms with Gasteiger partial charge >= 0.3 is 11.9 Å². The second kappa shape index (κ2) is 5.53. The van der Waals surface area contributed by atoms with Gasteiger partial charge in [0.25, 0.3) is 0 Å². The van der Waals surface area contributed by atoms with E-state index in [0.29, 0.717) is 18.8 Å². The number of hydrogen-bond acceptors (Lipinski definition) is 4. The van der Waals surface area contributed by atoms with E-state index < -0.39 is 11.9 Å². The zero-order valence-corrected chi connectivity index (χ0v) is 9.12. The van der Waals surface area contributed by atoms with Crippen LogP contribution in [0.1, 0.15) is 26.7 Å². The zero-order valence-electron chi connectivity index (χ0n) is 9.12. The summed E-state index contributed by atoms with van der Waals surface area (Å²) in [5.74, 6) is -0.672. The average Bonchev–Trinajstić information content (AvgIpc) is 2.98. The van der Waals surface area contributed by atoms with Gasteiger partial charge in [-0.2, -0.15) is 0 Å². The number of hydrogen-bond donors (Lipinski definition) is 0. The van der Waals surface area contributed by atoms with Gasteiger partial charge in [-0.15, -0.1) is 0 Å². The molecule has 4 nitrogen and oxygen atoms in total. The summed E-state index contributed by atoms with van der Waals surface area (Å²) in [5, 5.41) is 0. The van der Waals surface area contributed by atoms with Crippen LogP contribution >= 0.6 is 0 Å². The molecule has 0 bridgehead atoms. The molecule has 0 aromatic heterocycles. The van der Waals surface area contributed by atoms with Crippen molar-refractivity contribution in [1.29, 1.82) is 0 Å². The smallest absolute Gasteiger partial charge is 0.334 e. The minimum atomic E-state index is -0.465. The fourth-order valence-corrected chi connectivity index (χ4v) is 1.26. The highest BCUT2D eigenvalue weighted by atomic mass is 16.5. The lowest BCUT2D eigenvalue weighted by molar-refractivity contribution is -0.141. The van der Waals surface area contributed by atoms with Crippen LogP contribution in [0.2, 0.25) is 0 Å². The van der Waals surface area contributed by atoms with Crippen LogP contribution in [0.15, 0.2) is 11.6 Å². The highest BCUT2D eigenvalue weighted by Crippen LogP contribution is 2.37. The summed E-state index contributed by atoms with van der Waals surface area (Å²) in [6.45, 7) is 4.11. The highest BCUT2D eigenvalue weighted by molar-refractivity contribution is 5.97. The predicted molar refractivity (Wildman–Crippen MR) is 54.1 cm³/mol. The van der Waals surface area contributed by atoms with Crippen LogP contribution in [0.5, 0.6) is 0 Å². The van der Waals surface area contributed by atoms with Crippen molar-refractivity contribution < 1.29 is 19.1 Å². The van der Waals surface area contributed by atoms with Crippen LogP contribution in [0.3, 0.4) is 0 Å². The molecule has 0 N–H and O–H groups in total. The van der Waals surface area contributed by atoms with Gasteiger partial charge in [-0.05, 0) is 32.6 Å². The highest BCUT2D eigenvalue weighted by Gasteiger charge is 2.32. The van der Waals surface area contributed by atoms with E-state index in [1.165, 1.54) is 6.08 Å². The van der Waals surface area contributed by atoms with E-state index in [0.717, 1.165) is 12.8 Å². The molecule has 0 aromatic rings. The van der Waals surface area contributed by atoms with Crippen molar-refractivity contribution in [3.8, 4) is 0 Å². The van der Waals surface area contributed by atoms with Crippen LogP contribution in [-0.4, -0.2) is 25.2 Å². The molecular weight excluding hydrogens is 196 g/mol. The fraction of sp³-hybridized carbons (Fsp3) is 0.636. The summed E-state index contributed by atoms with van der Waals surface area (Å²) in [4.78, 5) is 22.7. The summed E-state index contributed by atoms with van der Waals surface area (Å²) in [7, 11) is 0. The summed E-state index contributed by atoms with van der Waals surface area (Å²) in [5.41, 5.74) is 0.454. The van der Waals surface area contributed by atoms with Gasteiger partial charge in [-0.1, -0.05) is 0 Å². The first-order valence-corrected chi connectivity index (χ1v) is 5.24. The van der Waals surface area contributed by atoms with Gasteiger partial charge in [-0.3, -0.25) is 0 Å². The van der Waals surface area contributed by atoms with Crippen LogP contribution in [0, 0.1) is 5.92 Å². The maximum absolute atomic E-state index is 11.5. The second-order valence-electron chi connectivity index (χ2n) is 3.35. The van der Waals surface area contributed by atoms with Gasteiger partial charge in [-0.25, -0.2) is 9.59 Å². The molecule has 0 atom stereocenters. The molecule has 15 heavy (non-hydrogen) atoms. The van der Waals surface area contributed by atoms with Gasteiger partial charge in [0.05, 0.1) is 13.2 Å². The fourth-order valence-electron chi connectivity index (χ4n) is 1.26. The Morgan fingerprint density at radius 2 is 1.80 bits per heavy atom. The molecule has 0 amide bonds. The molecule has 1 aliphatic rings. The Bertz CT molecular complexity index is 276. The Kier molecular flexibility index (Phi) is 4.34. The topological polar surface area (TPSA) is 52.6 Å². The lowest BCUT2D eigenvalue weighted by Crippen LogP contribution is -2.12. The van der Waals surface area contributed by atoms with Crippen molar-refractivity contribution in [3.63, 3.8) is 0 Å². The van der Waals surface area contributed by atoms with Gasteiger partial charge in [0.2, 0.25) is 0 Å². The summed E-state index contributed by atoms with van der Waals surface area (Å²) in [6, 6.07) is 0. The van der Waals surface area contributed by atoms with Gasteiger partial charge in [0.15, 0.2) is 0 Å². The number of carbonyl (C=O) groups is 2. The lowest BCUT2D eigenvalue weighted by atomic mass is 10.1. The first kappa shape index (κ1) is 11.8. The number of rotatable bonds is 5. The van der Waals surface area contributed by atoms with E-state index in [9.17, 15) is 9.59 Å². The van der Waals surface area contributed by atoms with E-state index in [2.05, 4.69) is 0 Å². The van der Waals surface area contributed by atoms with Crippen molar-refractivity contribution in [2.75, 3.05) is 13.2 Å². The van der Waals surface area contributed by atoms with Crippen LogP contribution in [0.25, 0.3) is 0 Å². The number of ether oxygens (including phenoxy) is 2. The first-order valence-electron chi connectivity index (χ1n) is 5.24. The summed E-state index contributed by atoms with van der Waals surface area (Å²) in [6.07, 6.45) is 3.16. The van der Waals surface area contributed by atoms with Gasteiger partial charge < -0.3 is 9.47 Å². The first-order chi connectivity index (χ1) is 7.19. The molecule has 0 radical (unpaired) electrons. The Morgan fingerprint density at radius 1 is 1.20 bits per heavy atom. The molecule has 0 unspecified atom stereocenters. The minimum absolute atomic E-state index is 0.188. The van der Waals surface area contributed by atoms with Crippen LogP contribution in [-0.2, 0) is 19.1 Å². The SMILES string of the molecule is CCOC(=O)C=C(C(=O)OCC)C1CC1. The molecular formula is C11H16O4. The normalized spacial score (nSPS) is 16.0. The third-order valence-corrected chi connectivity index (χ3v) is 2.09. The molecule has 0 saturated heterocycles. The Morgan fingerprint density at radius 3 is 2.27 bits per heavy atom. The van der Waals surface area contributed by atoms with Gasteiger partial charge in [0.1, 0.15) is 0 Å². The van der Waals surface area contributed by atoms with Crippen LogP contribution in [0.4, 0.5) is 0 Å². The van der Waals surface area contributed by atoms with E-state index >= 15 is 0 Å². The molecule has 1 fully saturated rings. The third-order valence-electron chi connectivity index (χ3n) is 2.09. The van der Waals surface area contributed by atoms with E-state index in [1.807, 2.05) is 0 Å². The second-order valence-corrected chi connectivity index (χ2v) is 3.35. The number of carbonyl (C=O) groups excluding carboxylic acids is 2. The van der Waals surface area contributed by atoms with Crippen molar-refractivity contribution in [2.45, 2.75) is 26.7 Å². The van der Waals surface area contributed by atoms with E-state index in [4.69, 9.17) is 9.47 Å². The maximum atomic E-state index is 11.5. The van der Waals surface area contributed by atoms with Crippen molar-refractivity contribution in [3.05, 3.63) is 11.6 Å². The van der Waals surface area contributed by atoms with E-state index in [-0.39, 0.29) is 5.92 Å². The molecule has 0 spiro atoms. The van der Waals surface area contributed by atoms with Crippen molar-refractivity contribution in [2.24, 2.45) is 5.92 Å². The molecule has 1 aliphatic carbocycles. The van der Waals surface area contributed by atoms with Gasteiger partial charge in [0, 0.05) is 11.6 Å². The van der Waals surface area contributed by atoms with E-state index in [1.54, 1.807) is 13.8 Å². The molecule has 0 aliphatic heterocycles. The number of esters is 2. The summed E-state index contributed by atoms with van der Waals surface area (Å²) >= 11 is 0.